The van der Waals surface area contributed by atoms with Crippen LogP contribution < -0.4 is 28.4 Å². The van der Waals surface area contributed by atoms with E-state index in [9.17, 15) is 0 Å². The van der Waals surface area contributed by atoms with Crippen molar-refractivity contribution in [1.82, 2.24) is 0 Å². The molecule has 6 nitrogen and oxygen atoms in total. The third-order valence-corrected chi connectivity index (χ3v) is 3.04. The van der Waals surface area contributed by atoms with Gasteiger partial charge >= 0.3 is 27.3 Å². The Kier molecular flexibility index (Phi) is 11.6. The van der Waals surface area contributed by atoms with Crippen LogP contribution in [-0.4, -0.2) is 42.7 Å². The van der Waals surface area contributed by atoms with Crippen LogP contribution in [0.4, 0.5) is 0 Å². The first-order valence-electron chi connectivity index (χ1n) is 6.98. The van der Waals surface area contributed by atoms with Crippen molar-refractivity contribution < 1.29 is 55.7 Å². The Morgan fingerprint density at radius 2 is 0.720 bits per heavy atom. The summed E-state index contributed by atoms with van der Waals surface area (Å²) in [7, 11) is 9.44. The molecule has 0 saturated carbocycles. The first-order chi connectivity index (χ1) is 11.7. The van der Waals surface area contributed by atoms with Crippen LogP contribution in [0.1, 0.15) is 0 Å². The van der Waals surface area contributed by atoms with E-state index in [-0.39, 0.29) is 27.3 Å². The van der Waals surface area contributed by atoms with Gasteiger partial charge in [0, 0.05) is 0 Å². The van der Waals surface area contributed by atoms with E-state index in [2.05, 4.69) is 12.1 Å². The number of ether oxygens (including phenoxy) is 6. The normalized spacial score (nSPS) is 8.88. The molecule has 0 unspecified atom stereocenters. The minimum Gasteiger partial charge on any atom is -0.550 e. The van der Waals surface area contributed by atoms with Gasteiger partial charge in [-0.25, -0.2) is 0 Å². The third-order valence-electron chi connectivity index (χ3n) is 3.04. The SMILES string of the molecule is COc1c[c-]cc(OC)c1OC.COc1c[c-]cc(OC)c1OC.[Cd+2]. The Morgan fingerprint density at radius 3 is 0.880 bits per heavy atom. The van der Waals surface area contributed by atoms with Gasteiger partial charge in [-0.2, -0.15) is 12.1 Å². The monoisotopic (exact) mass is 448 g/mol. The molecular weight excluding hydrogens is 425 g/mol. The molecular formula is C18H22CdO6. The van der Waals surface area contributed by atoms with Crippen LogP contribution >= 0.6 is 0 Å². The minimum absolute atomic E-state index is 0. The second kappa shape index (κ2) is 12.5. The topological polar surface area (TPSA) is 55.4 Å². The molecule has 2 rings (SSSR count). The number of hydrogen-bond donors (Lipinski definition) is 0. The van der Waals surface area contributed by atoms with E-state index in [0.29, 0.717) is 34.5 Å². The van der Waals surface area contributed by atoms with Crippen molar-refractivity contribution in [3.63, 3.8) is 0 Å². The molecule has 0 saturated heterocycles. The fraction of sp³-hybridized carbons (Fsp3) is 0.333. The maximum Gasteiger partial charge on any atom is 2.00 e. The molecule has 2 aromatic carbocycles. The van der Waals surface area contributed by atoms with Gasteiger partial charge in [-0.3, -0.25) is 0 Å². The van der Waals surface area contributed by atoms with Gasteiger partial charge in [-0.1, -0.05) is 0 Å². The molecule has 0 amide bonds. The molecule has 7 heteroatoms. The summed E-state index contributed by atoms with van der Waals surface area (Å²) >= 11 is 0. The summed E-state index contributed by atoms with van der Waals surface area (Å²) < 4.78 is 30.3. The van der Waals surface area contributed by atoms with Crippen molar-refractivity contribution in [3.8, 4) is 34.5 Å². The van der Waals surface area contributed by atoms with Crippen molar-refractivity contribution in [2.45, 2.75) is 0 Å². The van der Waals surface area contributed by atoms with Gasteiger partial charge in [0.25, 0.3) is 0 Å². The van der Waals surface area contributed by atoms with Gasteiger partial charge in [0.05, 0.1) is 77.2 Å². The number of benzene rings is 2. The standard InChI is InChI=1S/2C9H11O3.Cd/c2*1-10-7-5-4-6-8(11-2)9(7)12-3;/h2*5-6H,1-3H3;/q2*-1;+2. The molecule has 0 radical (unpaired) electrons. The fourth-order valence-electron chi connectivity index (χ4n) is 1.90. The average Bonchev–Trinajstić information content (AvgIpc) is 2.66. The van der Waals surface area contributed by atoms with Crippen LogP contribution in [-0.2, 0) is 27.3 Å². The van der Waals surface area contributed by atoms with E-state index < -0.39 is 0 Å². The molecule has 0 fully saturated rings. The van der Waals surface area contributed by atoms with Crippen LogP contribution in [0.2, 0.25) is 0 Å². The minimum atomic E-state index is 0. The smallest absolute Gasteiger partial charge is 0.550 e. The Balaban J connectivity index is 0.000000443. The van der Waals surface area contributed by atoms with E-state index in [4.69, 9.17) is 28.4 Å². The summed E-state index contributed by atoms with van der Waals surface area (Å²) in [5.41, 5.74) is 0. The molecule has 0 aliphatic carbocycles. The largest absolute Gasteiger partial charge is 2.00 e. The zero-order valence-corrected chi connectivity index (χ0v) is 19.5. The van der Waals surface area contributed by atoms with Crippen LogP contribution in [0.15, 0.2) is 24.3 Å². The van der Waals surface area contributed by atoms with Gasteiger partial charge in [0.2, 0.25) is 0 Å². The van der Waals surface area contributed by atoms with Crippen molar-refractivity contribution >= 4 is 0 Å². The van der Waals surface area contributed by atoms with Gasteiger partial charge in [-0.05, 0) is 0 Å². The van der Waals surface area contributed by atoms with Crippen LogP contribution in [0.5, 0.6) is 34.5 Å². The second-order valence-electron chi connectivity index (χ2n) is 4.25. The average molecular weight is 447 g/mol. The van der Waals surface area contributed by atoms with E-state index in [1.807, 2.05) is 0 Å². The number of hydrogen-bond acceptors (Lipinski definition) is 6. The summed E-state index contributed by atoms with van der Waals surface area (Å²) in [6.45, 7) is 0. The summed E-state index contributed by atoms with van der Waals surface area (Å²) in [6, 6.07) is 12.5. The van der Waals surface area contributed by atoms with Crippen molar-refractivity contribution in [1.29, 1.82) is 0 Å². The molecule has 0 spiro atoms. The van der Waals surface area contributed by atoms with E-state index >= 15 is 0 Å². The van der Waals surface area contributed by atoms with Crippen molar-refractivity contribution in [2.75, 3.05) is 42.7 Å². The molecule has 25 heavy (non-hydrogen) atoms. The first kappa shape index (κ1) is 23.2. The van der Waals surface area contributed by atoms with Gasteiger partial charge in [-0.15, -0.1) is 24.3 Å². The van der Waals surface area contributed by atoms with Gasteiger partial charge < -0.3 is 28.4 Å². The van der Waals surface area contributed by atoms with Crippen molar-refractivity contribution in [2.24, 2.45) is 0 Å². The maximum absolute atomic E-state index is 5.09. The molecule has 0 N–H and O–H groups in total. The molecule has 0 bridgehead atoms. The van der Waals surface area contributed by atoms with Crippen molar-refractivity contribution in [3.05, 3.63) is 36.4 Å². The predicted octanol–water partition coefficient (Wildman–Crippen LogP) is 3.02. The molecule has 0 heterocycles. The van der Waals surface area contributed by atoms with Gasteiger partial charge in [0.1, 0.15) is 0 Å². The van der Waals surface area contributed by atoms with Gasteiger partial charge in [0.15, 0.2) is 0 Å². The summed E-state index contributed by atoms with van der Waals surface area (Å²) in [6.07, 6.45) is 0. The number of methoxy groups -OCH3 is 6. The quantitative estimate of drug-likeness (QED) is 0.502. The van der Waals surface area contributed by atoms with Crippen LogP contribution in [0, 0.1) is 12.1 Å². The number of rotatable bonds is 6. The van der Waals surface area contributed by atoms with E-state index in [0.717, 1.165) is 0 Å². The molecule has 0 atom stereocenters. The maximum atomic E-state index is 5.09. The third kappa shape index (κ3) is 6.19. The van der Waals surface area contributed by atoms with Crippen LogP contribution in [0.25, 0.3) is 0 Å². The molecule has 132 valence electrons. The zero-order chi connectivity index (χ0) is 17.9. The van der Waals surface area contributed by atoms with E-state index in [1.165, 1.54) is 0 Å². The first-order valence-corrected chi connectivity index (χ1v) is 6.98. The predicted molar refractivity (Wildman–Crippen MR) is 89.9 cm³/mol. The molecule has 0 aromatic heterocycles. The molecule has 0 aliphatic rings. The van der Waals surface area contributed by atoms with E-state index in [1.54, 1.807) is 66.9 Å². The Morgan fingerprint density at radius 1 is 0.480 bits per heavy atom. The Hall–Kier alpha value is -1.84. The molecule has 0 aliphatic heterocycles. The Labute approximate surface area is 169 Å². The van der Waals surface area contributed by atoms with Crippen LogP contribution in [0.3, 0.4) is 0 Å². The molecule has 2 aromatic rings. The second-order valence-corrected chi connectivity index (χ2v) is 4.25. The fourth-order valence-corrected chi connectivity index (χ4v) is 1.90. The summed E-state index contributed by atoms with van der Waals surface area (Å²) in [5, 5.41) is 0. The summed E-state index contributed by atoms with van der Waals surface area (Å²) in [5.74, 6) is 3.68. The summed E-state index contributed by atoms with van der Waals surface area (Å²) in [4.78, 5) is 0. The Bertz CT molecular complexity index is 533. The zero-order valence-electron chi connectivity index (χ0n) is 15.5.